The van der Waals surface area contributed by atoms with Crippen LogP contribution in [0, 0.1) is 0 Å². The van der Waals surface area contributed by atoms with Gasteiger partial charge in [-0.1, -0.05) is 41.9 Å². The molecule has 4 nitrogen and oxygen atoms in total. The first-order chi connectivity index (χ1) is 13.6. The molecule has 0 aromatic heterocycles. The molecule has 1 N–H and O–H groups in total. The van der Waals surface area contributed by atoms with Crippen molar-refractivity contribution in [1.29, 1.82) is 0 Å². The number of rotatable bonds is 4. The Kier molecular flexibility index (Phi) is 5.88. The lowest BCUT2D eigenvalue weighted by molar-refractivity contribution is -0.905. The van der Waals surface area contributed by atoms with E-state index in [0.29, 0.717) is 12.6 Å². The zero-order chi connectivity index (χ0) is 19.5. The van der Waals surface area contributed by atoms with E-state index in [2.05, 4.69) is 42.3 Å². The fourth-order valence-electron chi connectivity index (χ4n) is 4.63. The number of aryl methyl sites for hydroxylation is 1. The van der Waals surface area contributed by atoms with Crippen molar-refractivity contribution in [2.75, 3.05) is 44.7 Å². The SMILES string of the molecule is C[NH+](CC(=O)N1CCN(c2cccc(Cl)c2)CC1)[C@@H]1CCCc2ccccc21. The average Bonchev–Trinajstić information content (AvgIpc) is 2.73. The Hall–Kier alpha value is -2.04. The van der Waals surface area contributed by atoms with Crippen molar-refractivity contribution in [1.82, 2.24) is 4.90 Å². The van der Waals surface area contributed by atoms with Crippen molar-refractivity contribution in [2.45, 2.75) is 25.3 Å². The van der Waals surface area contributed by atoms with Gasteiger partial charge in [-0.2, -0.15) is 0 Å². The van der Waals surface area contributed by atoms with Crippen LogP contribution < -0.4 is 9.80 Å². The molecule has 2 aliphatic rings. The predicted molar refractivity (Wildman–Crippen MR) is 114 cm³/mol. The number of nitrogens with zero attached hydrogens (tertiary/aromatic N) is 2. The van der Waals surface area contributed by atoms with Gasteiger partial charge in [-0.05, 0) is 36.6 Å². The number of quaternary nitrogens is 1. The van der Waals surface area contributed by atoms with Crippen LogP contribution in [0.1, 0.15) is 30.0 Å². The molecule has 1 aliphatic carbocycles. The summed E-state index contributed by atoms with van der Waals surface area (Å²) in [5.74, 6) is 0.270. The van der Waals surface area contributed by atoms with Crippen molar-refractivity contribution in [3.05, 3.63) is 64.7 Å². The second-order valence-corrected chi connectivity index (χ2v) is 8.45. The van der Waals surface area contributed by atoms with Crippen LogP contribution in [-0.2, 0) is 11.2 Å². The summed E-state index contributed by atoms with van der Waals surface area (Å²) in [5, 5.41) is 0.758. The number of likely N-dealkylation sites (N-methyl/N-ethyl adjacent to an activating group) is 1. The summed E-state index contributed by atoms with van der Waals surface area (Å²) >= 11 is 6.12. The molecule has 1 saturated heterocycles. The summed E-state index contributed by atoms with van der Waals surface area (Å²) in [6.07, 6.45) is 3.55. The molecule has 2 atom stereocenters. The molecule has 0 spiro atoms. The second kappa shape index (κ2) is 8.54. The van der Waals surface area contributed by atoms with E-state index >= 15 is 0 Å². The maximum atomic E-state index is 12.9. The number of nitrogens with one attached hydrogen (secondary N) is 1. The quantitative estimate of drug-likeness (QED) is 0.857. The lowest BCUT2D eigenvalue weighted by Crippen LogP contribution is -3.10. The van der Waals surface area contributed by atoms with Crippen LogP contribution >= 0.6 is 11.6 Å². The van der Waals surface area contributed by atoms with Gasteiger partial charge in [0.05, 0.1) is 7.05 Å². The van der Waals surface area contributed by atoms with Gasteiger partial charge < -0.3 is 14.7 Å². The topological polar surface area (TPSA) is 28.0 Å². The van der Waals surface area contributed by atoms with Crippen LogP contribution in [0.5, 0.6) is 0 Å². The molecule has 4 rings (SSSR count). The molecule has 5 heteroatoms. The number of hydrogen-bond donors (Lipinski definition) is 1. The van der Waals surface area contributed by atoms with Gasteiger partial charge >= 0.3 is 0 Å². The largest absolute Gasteiger partial charge is 0.368 e. The van der Waals surface area contributed by atoms with Gasteiger partial charge in [0.15, 0.2) is 6.54 Å². The maximum absolute atomic E-state index is 12.9. The van der Waals surface area contributed by atoms with E-state index in [1.807, 2.05) is 23.1 Å². The monoisotopic (exact) mass is 398 g/mol. The van der Waals surface area contributed by atoms with E-state index in [9.17, 15) is 4.79 Å². The molecular formula is C23H29ClN3O+. The molecule has 0 bridgehead atoms. The molecule has 0 radical (unpaired) electrons. The van der Waals surface area contributed by atoms with Crippen molar-refractivity contribution >= 4 is 23.2 Å². The number of benzene rings is 2. The number of carbonyl (C=O) groups is 1. The van der Waals surface area contributed by atoms with Crippen LogP contribution in [0.3, 0.4) is 0 Å². The normalized spacial score (nSPS) is 20.6. The summed E-state index contributed by atoms with van der Waals surface area (Å²) in [4.78, 5) is 18.6. The van der Waals surface area contributed by atoms with Gasteiger partial charge in [-0.25, -0.2) is 0 Å². The fourth-order valence-corrected chi connectivity index (χ4v) is 4.81. The lowest BCUT2D eigenvalue weighted by atomic mass is 9.87. The molecule has 2 aromatic carbocycles. The third kappa shape index (κ3) is 4.18. The van der Waals surface area contributed by atoms with Crippen molar-refractivity contribution in [3.63, 3.8) is 0 Å². The zero-order valence-electron chi connectivity index (χ0n) is 16.5. The summed E-state index contributed by atoms with van der Waals surface area (Å²) < 4.78 is 0. The minimum absolute atomic E-state index is 0.270. The zero-order valence-corrected chi connectivity index (χ0v) is 17.3. The van der Waals surface area contributed by atoms with Crippen molar-refractivity contribution < 1.29 is 9.69 Å². The number of piperazine rings is 1. The fraction of sp³-hybridized carbons (Fsp3) is 0.435. The van der Waals surface area contributed by atoms with Gasteiger partial charge in [-0.3, -0.25) is 4.79 Å². The molecular weight excluding hydrogens is 370 g/mol. The number of hydrogen-bond acceptors (Lipinski definition) is 2. The number of halogens is 1. The predicted octanol–water partition coefficient (Wildman–Crippen LogP) is 2.58. The molecule has 2 aromatic rings. The first-order valence-electron chi connectivity index (χ1n) is 10.3. The first-order valence-corrected chi connectivity index (χ1v) is 10.7. The summed E-state index contributed by atoms with van der Waals surface area (Å²) in [5.41, 5.74) is 4.03. The Morgan fingerprint density at radius 3 is 2.68 bits per heavy atom. The summed E-state index contributed by atoms with van der Waals surface area (Å²) in [6.45, 7) is 3.84. The first kappa shape index (κ1) is 19.3. The minimum atomic E-state index is 0.270. The molecule has 1 heterocycles. The highest BCUT2D eigenvalue weighted by molar-refractivity contribution is 6.30. The highest BCUT2D eigenvalue weighted by Gasteiger charge is 2.30. The van der Waals surface area contributed by atoms with Gasteiger partial charge in [0, 0.05) is 48.9 Å². The van der Waals surface area contributed by atoms with Gasteiger partial charge in [-0.15, -0.1) is 0 Å². The maximum Gasteiger partial charge on any atom is 0.277 e. The van der Waals surface area contributed by atoms with E-state index in [1.54, 1.807) is 0 Å². The molecule has 1 fully saturated rings. The van der Waals surface area contributed by atoms with Crippen LogP contribution in [0.25, 0.3) is 0 Å². The smallest absolute Gasteiger partial charge is 0.277 e. The van der Waals surface area contributed by atoms with E-state index < -0.39 is 0 Å². The number of anilines is 1. The highest BCUT2D eigenvalue weighted by Crippen LogP contribution is 2.27. The molecule has 148 valence electrons. The third-order valence-electron chi connectivity index (χ3n) is 6.20. The number of carbonyl (C=O) groups excluding carboxylic acids is 1. The summed E-state index contributed by atoms with van der Waals surface area (Å²) in [7, 11) is 2.17. The van der Waals surface area contributed by atoms with Gasteiger partial charge in [0.2, 0.25) is 0 Å². The Balaban J connectivity index is 1.34. The van der Waals surface area contributed by atoms with Crippen LogP contribution in [0.4, 0.5) is 5.69 Å². The van der Waals surface area contributed by atoms with Gasteiger partial charge in [0.1, 0.15) is 6.04 Å². The molecule has 1 unspecified atom stereocenters. The standard InChI is InChI=1S/C23H28ClN3O/c1-25(22-11-4-7-18-6-2-3-10-21(18)22)17-23(28)27-14-12-26(13-15-27)20-9-5-8-19(24)16-20/h2-3,5-6,8-10,16,22H,4,7,11-15,17H2,1H3/p+1/t22-/m1/s1. The second-order valence-electron chi connectivity index (χ2n) is 8.01. The van der Waals surface area contributed by atoms with Gasteiger partial charge in [0.25, 0.3) is 5.91 Å². The number of amides is 1. The van der Waals surface area contributed by atoms with E-state index in [0.717, 1.165) is 36.9 Å². The summed E-state index contributed by atoms with van der Waals surface area (Å²) in [6, 6.07) is 17.1. The molecule has 1 amide bonds. The van der Waals surface area contributed by atoms with E-state index in [1.165, 1.54) is 35.3 Å². The van der Waals surface area contributed by atoms with Crippen molar-refractivity contribution in [2.24, 2.45) is 0 Å². The number of fused-ring (bicyclic) bond motifs is 1. The van der Waals surface area contributed by atoms with Crippen LogP contribution in [0.2, 0.25) is 5.02 Å². The van der Waals surface area contributed by atoms with Crippen LogP contribution in [-0.4, -0.2) is 50.6 Å². The van der Waals surface area contributed by atoms with E-state index in [-0.39, 0.29) is 5.91 Å². The molecule has 0 saturated carbocycles. The highest BCUT2D eigenvalue weighted by atomic mass is 35.5. The third-order valence-corrected chi connectivity index (χ3v) is 6.44. The Morgan fingerprint density at radius 2 is 1.89 bits per heavy atom. The Labute approximate surface area is 172 Å². The lowest BCUT2D eigenvalue weighted by Gasteiger charge is -2.37. The molecule has 1 aliphatic heterocycles. The Morgan fingerprint density at radius 1 is 1.11 bits per heavy atom. The van der Waals surface area contributed by atoms with Crippen LogP contribution in [0.15, 0.2) is 48.5 Å². The average molecular weight is 399 g/mol. The van der Waals surface area contributed by atoms with Crippen molar-refractivity contribution in [3.8, 4) is 0 Å². The Bertz CT molecular complexity index is 832. The minimum Gasteiger partial charge on any atom is -0.368 e. The van der Waals surface area contributed by atoms with E-state index in [4.69, 9.17) is 11.6 Å². The molecule has 28 heavy (non-hydrogen) atoms.